The minimum absolute atomic E-state index is 0.698. The molecule has 2 aromatic heterocycles. The quantitative estimate of drug-likeness (QED) is 0.540. The van der Waals surface area contributed by atoms with Gasteiger partial charge in [-0.25, -0.2) is 4.68 Å². The Kier molecular flexibility index (Phi) is 4.98. The number of hydrogen-bond donors (Lipinski definition) is 1. The molecule has 8 heteroatoms. The summed E-state index contributed by atoms with van der Waals surface area (Å²) in [6.45, 7) is 3.75. The highest BCUT2D eigenvalue weighted by Gasteiger charge is 2.21. The van der Waals surface area contributed by atoms with Gasteiger partial charge in [-0.2, -0.15) is 15.1 Å². The van der Waals surface area contributed by atoms with E-state index in [4.69, 9.17) is 21.6 Å². The first-order valence-electron chi connectivity index (χ1n) is 9.95. The molecule has 2 aromatic carbocycles. The molecule has 0 amide bonds. The van der Waals surface area contributed by atoms with Gasteiger partial charge < -0.3 is 15.1 Å². The second kappa shape index (κ2) is 7.93. The van der Waals surface area contributed by atoms with Crippen LogP contribution in [-0.4, -0.2) is 57.9 Å². The van der Waals surface area contributed by atoms with Gasteiger partial charge in [0.05, 0.1) is 17.3 Å². The van der Waals surface area contributed by atoms with Gasteiger partial charge in [0.2, 0.25) is 5.95 Å². The van der Waals surface area contributed by atoms with Crippen LogP contribution in [0.4, 0.5) is 17.5 Å². The number of fused-ring (bicyclic) bond motifs is 1. The van der Waals surface area contributed by atoms with Crippen LogP contribution >= 0.6 is 11.6 Å². The highest BCUT2D eigenvalue weighted by atomic mass is 35.5. The van der Waals surface area contributed by atoms with Gasteiger partial charge in [0.15, 0.2) is 5.65 Å². The molecule has 1 saturated heterocycles. The van der Waals surface area contributed by atoms with Gasteiger partial charge in [-0.15, -0.1) is 0 Å². The fraction of sp³-hybridized carbons (Fsp3) is 0.227. The first-order chi connectivity index (χ1) is 14.7. The molecule has 0 spiro atoms. The summed E-state index contributed by atoms with van der Waals surface area (Å²) in [5, 5.41) is 9.60. The second-order valence-electron chi connectivity index (χ2n) is 7.42. The van der Waals surface area contributed by atoms with Crippen molar-refractivity contribution in [2.24, 2.45) is 0 Å². The largest absolute Gasteiger partial charge is 0.339 e. The van der Waals surface area contributed by atoms with E-state index >= 15 is 0 Å². The summed E-state index contributed by atoms with van der Waals surface area (Å²) in [4.78, 5) is 14.3. The van der Waals surface area contributed by atoms with Crippen molar-refractivity contribution in [1.29, 1.82) is 0 Å². The van der Waals surface area contributed by atoms with Crippen molar-refractivity contribution >= 4 is 40.1 Å². The lowest BCUT2D eigenvalue weighted by Gasteiger charge is -2.32. The van der Waals surface area contributed by atoms with E-state index in [2.05, 4.69) is 27.3 Å². The van der Waals surface area contributed by atoms with Crippen LogP contribution in [0, 0.1) is 0 Å². The zero-order valence-electron chi connectivity index (χ0n) is 16.7. The highest BCUT2D eigenvalue weighted by Crippen LogP contribution is 2.28. The lowest BCUT2D eigenvalue weighted by atomic mass is 10.3. The van der Waals surface area contributed by atoms with Crippen molar-refractivity contribution in [3.63, 3.8) is 0 Å². The minimum Gasteiger partial charge on any atom is -0.339 e. The number of anilines is 3. The van der Waals surface area contributed by atoms with E-state index in [-0.39, 0.29) is 0 Å². The van der Waals surface area contributed by atoms with Gasteiger partial charge in [-0.1, -0.05) is 29.8 Å². The molecule has 1 aliphatic rings. The minimum atomic E-state index is 0.698. The third-order valence-electron chi connectivity index (χ3n) is 5.31. The SMILES string of the molecule is CN1CCN(c2nc(Nc3ccc(Cl)cc3)c3cnn(-c4ccccc4)c3n2)CC1. The number of likely N-dealkylation sites (N-methyl/N-ethyl adjacent to an activating group) is 1. The van der Waals surface area contributed by atoms with Gasteiger partial charge in [-0.3, -0.25) is 0 Å². The number of nitrogens with one attached hydrogen (secondary N) is 1. The van der Waals surface area contributed by atoms with E-state index < -0.39 is 0 Å². The van der Waals surface area contributed by atoms with Crippen molar-refractivity contribution in [1.82, 2.24) is 24.6 Å². The first kappa shape index (κ1) is 18.8. The molecule has 0 aliphatic carbocycles. The van der Waals surface area contributed by atoms with Gasteiger partial charge in [0.25, 0.3) is 0 Å². The lowest BCUT2D eigenvalue weighted by Crippen LogP contribution is -2.45. The van der Waals surface area contributed by atoms with Crippen LogP contribution in [0.25, 0.3) is 16.7 Å². The van der Waals surface area contributed by atoms with E-state index in [1.807, 2.05) is 65.5 Å². The average molecular weight is 420 g/mol. The van der Waals surface area contributed by atoms with Gasteiger partial charge in [0.1, 0.15) is 5.82 Å². The number of para-hydroxylation sites is 1. The molecule has 152 valence electrons. The Morgan fingerprint density at radius 1 is 0.900 bits per heavy atom. The monoisotopic (exact) mass is 419 g/mol. The third-order valence-corrected chi connectivity index (χ3v) is 5.56. The highest BCUT2D eigenvalue weighted by molar-refractivity contribution is 6.30. The van der Waals surface area contributed by atoms with Crippen LogP contribution in [-0.2, 0) is 0 Å². The maximum atomic E-state index is 6.04. The second-order valence-corrected chi connectivity index (χ2v) is 7.86. The van der Waals surface area contributed by atoms with Gasteiger partial charge in [-0.05, 0) is 43.4 Å². The summed E-state index contributed by atoms with van der Waals surface area (Å²) in [5.74, 6) is 1.45. The number of benzene rings is 2. The smallest absolute Gasteiger partial charge is 0.229 e. The van der Waals surface area contributed by atoms with Crippen LogP contribution in [0.2, 0.25) is 5.02 Å². The lowest BCUT2D eigenvalue weighted by molar-refractivity contribution is 0.311. The summed E-state index contributed by atoms with van der Waals surface area (Å²) < 4.78 is 1.86. The molecule has 30 heavy (non-hydrogen) atoms. The average Bonchev–Trinajstić information content (AvgIpc) is 3.21. The molecule has 0 atom stereocenters. The molecule has 1 N–H and O–H groups in total. The Bertz CT molecular complexity index is 1150. The van der Waals surface area contributed by atoms with E-state index in [0.717, 1.165) is 54.4 Å². The summed E-state index contributed by atoms with van der Waals surface area (Å²) in [6, 6.07) is 17.6. The molecule has 1 fully saturated rings. The Morgan fingerprint density at radius 3 is 2.37 bits per heavy atom. The Labute approximate surface area is 179 Å². The summed E-state index contributed by atoms with van der Waals surface area (Å²) in [5.41, 5.74) is 2.66. The van der Waals surface area contributed by atoms with Crippen LogP contribution in [0.15, 0.2) is 60.8 Å². The fourth-order valence-corrected chi connectivity index (χ4v) is 3.69. The van der Waals surface area contributed by atoms with Crippen molar-refractivity contribution in [2.75, 3.05) is 43.4 Å². The van der Waals surface area contributed by atoms with Gasteiger partial charge in [0, 0.05) is 36.9 Å². The molecule has 0 radical (unpaired) electrons. The van der Waals surface area contributed by atoms with Crippen LogP contribution < -0.4 is 10.2 Å². The topological polar surface area (TPSA) is 62.1 Å². The molecule has 7 nitrogen and oxygen atoms in total. The van der Waals surface area contributed by atoms with Crippen LogP contribution in [0.3, 0.4) is 0 Å². The van der Waals surface area contributed by atoms with E-state index in [1.165, 1.54) is 0 Å². The normalized spacial score (nSPS) is 14.9. The first-order valence-corrected chi connectivity index (χ1v) is 10.3. The Balaban J connectivity index is 1.61. The number of aromatic nitrogens is 4. The van der Waals surface area contributed by atoms with Crippen molar-refractivity contribution in [3.05, 3.63) is 65.8 Å². The predicted octanol–water partition coefficient (Wildman–Crippen LogP) is 3.96. The molecular formula is C22H22ClN7. The Hall–Kier alpha value is -3.16. The zero-order chi connectivity index (χ0) is 20.5. The molecule has 3 heterocycles. The number of rotatable bonds is 4. The third kappa shape index (κ3) is 3.69. The standard InChI is InChI=1S/C22H22ClN7/c1-28-11-13-29(14-12-28)22-26-20(25-17-9-7-16(23)8-10-17)19-15-24-30(21(19)27-22)18-5-3-2-4-6-18/h2-10,15H,11-14H2,1H3,(H,25,26,27). The van der Waals surface area contributed by atoms with E-state index in [1.54, 1.807) is 0 Å². The van der Waals surface area contributed by atoms with Crippen molar-refractivity contribution in [2.45, 2.75) is 0 Å². The van der Waals surface area contributed by atoms with Crippen LogP contribution in [0.5, 0.6) is 0 Å². The Morgan fingerprint density at radius 2 is 1.63 bits per heavy atom. The zero-order valence-corrected chi connectivity index (χ0v) is 17.4. The van der Waals surface area contributed by atoms with Crippen LogP contribution in [0.1, 0.15) is 0 Å². The fourth-order valence-electron chi connectivity index (χ4n) is 3.57. The molecule has 0 saturated carbocycles. The molecule has 0 unspecified atom stereocenters. The molecule has 0 bridgehead atoms. The number of halogens is 1. The number of piperazine rings is 1. The summed E-state index contributed by atoms with van der Waals surface area (Å²) >= 11 is 6.04. The summed E-state index contributed by atoms with van der Waals surface area (Å²) in [6.07, 6.45) is 1.81. The predicted molar refractivity (Wildman–Crippen MR) is 121 cm³/mol. The molecule has 5 rings (SSSR count). The van der Waals surface area contributed by atoms with Gasteiger partial charge >= 0.3 is 0 Å². The maximum Gasteiger partial charge on any atom is 0.229 e. The maximum absolute atomic E-state index is 6.04. The summed E-state index contributed by atoms with van der Waals surface area (Å²) in [7, 11) is 2.14. The molecule has 4 aromatic rings. The molecular weight excluding hydrogens is 398 g/mol. The van der Waals surface area contributed by atoms with Crippen molar-refractivity contribution in [3.8, 4) is 5.69 Å². The number of hydrogen-bond acceptors (Lipinski definition) is 6. The van der Waals surface area contributed by atoms with E-state index in [0.29, 0.717) is 11.0 Å². The van der Waals surface area contributed by atoms with E-state index in [9.17, 15) is 0 Å². The number of nitrogens with zero attached hydrogens (tertiary/aromatic N) is 6. The van der Waals surface area contributed by atoms with Crippen molar-refractivity contribution < 1.29 is 0 Å². The molecule has 1 aliphatic heterocycles.